The molecule has 0 bridgehead atoms. The molecule has 0 aliphatic rings. The molecular weight excluding hydrogens is 452 g/mol. The molecule has 0 fully saturated rings. The second kappa shape index (κ2) is 7.07. The van der Waals surface area contributed by atoms with Gasteiger partial charge in [0.15, 0.2) is 0 Å². The van der Waals surface area contributed by atoms with Gasteiger partial charge in [-0.3, -0.25) is 0 Å². The number of hydrogen-bond acceptors (Lipinski definition) is 2. The fourth-order valence-corrected chi connectivity index (χ4v) is 3.67. The third-order valence-electron chi connectivity index (χ3n) is 2.94. The highest BCUT2D eigenvalue weighted by atomic mass is 79.9. The van der Waals surface area contributed by atoms with Crippen LogP contribution in [0, 0.1) is 0 Å². The van der Waals surface area contributed by atoms with Crippen molar-refractivity contribution in [1.29, 1.82) is 0 Å². The Kier molecular flexibility index (Phi) is 5.66. The molecule has 1 atom stereocenters. The van der Waals surface area contributed by atoms with E-state index >= 15 is 0 Å². The lowest BCUT2D eigenvalue weighted by Crippen LogP contribution is -2.03. The lowest BCUT2D eigenvalue weighted by Gasteiger charge is -2.14. The van der Waals surface area contributed by atoms with Gasteiger partial charge in [-0.25, -0.2) is 0 Å². The van der Waals surface area contributed by atoms with Gasteiger partial charge in [0.2, 0.25) is 0 Å². The van der Waals surface area contributed by atoms with Gasteiger partial charge >= 0.3 is 0 Å². The van der Waals surface area contributed by atoms with Crippen molar-refractivity contribution in [3.63, 3.8) is 0 Å². The number of aliphatic hydroxyl groups is 1. The quantitative estimate of drug-likeness (QED) is 0.669. The Morgan fingerprint density at radius 3 is 2.30 bits per heavy atom. The van der Waals surface area contributed by atoms with E-state index in [9.17, 15) is 5.11 Å². The summed E-state index contributed by atoms with van der Waals surface area (Å²) < 4.78 is 8.05. The number of hydrogen-bond donors (Lipinski definition) is 1. The fraction of sp³-hybridized carbons (Fsp3) is 0.200. The summed E-state index contributed by atoms with van der Waals surface area (Å²) in [4.78, 5) is 0. The molecule has 0 saturated carbocycles. The van der Waals surface area contributed by atoms with Crippen LogP contribution in [0.5, 0.6) is 5.75 Å². The SMILES string of the molecule is COc1ccc(Br)c(CC(O)c2cc(Br)cc(Br)c2)c1. The number of ether oxygens (including phenoxy) is 1. The van der Waals surface area contributed by atoms with Crippen LogP contribution in [0.15, 0.2) is 49.8 Å². The number of halogens is 3. The highest BCUT2D eigenvalue weighted by molar-refractivity contribution is 9.11. The maximum atomic E-state index is 10.4. The minimum atomic E-state index is -0.577. The Balaban J connectivity index is 2.24. The van der Waals surface area contributed by atoms with Gasteiger partial charge in [0.05, 0.1) is 13.2 Å². The van der Waals surface area contributed by atoms with Gasteiger partial charge in [-0.2, -0.15) is 0 Å². The second-order valence-electron chi connectivity index (χ2n) is 4.38. The summed E-state index contributed by atoms with van der Waals surface area (Å²) in [5.41, 5.74) is 1.87. The summed E-state index contributed by atoms with van der Waals surface area (Å²) in [6.07, 6.45) is -0.0621. The summed E-state index contributed by atoms with van der Waals surface area (Å²) in [5, 5.41) is 10.4. The molecule has 5 heteroatoms. The molecule has 2 nitrogen and oxygen atoms in total. The fourth-order valence-electron chi connectivity index (χ4n) is 1.93. The Labute approximate surface area is 143 Å². The maximum absolute atomic E-state index is 10.4. The first kappa shape index (κ1) is 16.0. The number of rotatable bonds is 4. The van der Waals surface area contributed by atoms with Crippen LogP contribution in [0.4, 0.5) is 0 Å². The van der Waals surface area contributed by atoms with Crippen LogP contribution < -0.4 is 4.74 Å². The van der Waals surface area contributed by atoms with E-state index < -0.39 is 6.10 Å². The van der Waals surface area contributed by atoms with Crippen LogP contribution in [0.3, 0.4) is 0 Å². The number of benzene rings is 2. The minimum Gasteiger partial charge on any atom is -0.497 e. The van der Waals surface area contributed by atoms with Crippen molar-refractivity contribution in [2.24, 2.45) is 0 Å². The molecule has 2 aromatic carbocycles. The summed E-state index contributed by atoms with van der Waals surface area (Å²) >= 11 is 10.4. The molecular formula is C15H13Br3O2. The van der Waals surface area contributed by atoms with Crippen LogP contribution in [-0.2, 0) is 6.42 Å². The van der Waals surface area contributed by atoms with Crippen molar-refractivity contribution < 1.29 is 9.84 Å². The molecule has 20 heavy (non-hydrogen) atoms. The van der Waals surface area contributed by atoms with Crippen LogP contribution in [0.25, 0.3) is 0 Å². The average Bonchev–Trinajstić information content (AvgIpc) is 2.40. The molecule has 0 aliphatic carbocycles. The topological polar surface area (TPSA) is 29.5 Å². The summed E-state index contributed by atoms with van der Waals surface area (Å²) in [5.74, 6) is 0.783. The van der Waals surface area contributed by atoms with E-state index in [1.807, 2.05) is 36.4 Å². The maximum Gasteiger partial charge on any atom is 0.119 e. The Hall–Kier alpha value is -0.360. The molecule has 0 radical (unpaired) electrons. The summed E-state index contributed by atoms with van der Waals surface area (Å²) in [6.45, 7) is 0. The number of aliphatic hydroxyl groups excluding tert-OH is 1. The first-order valence-corrected chi connectivity index (χ1v) is 8.34. The Morgan fingerprint density at radius 2 is 1.70 bits per heavy atom. The van der Waals surface area contributed by atoms with E-state index in [-0.39, 0.29) is 0 Å². The van der Waals surface area contributed by atoms with Crippen molar-refractivity contribution >= 4 is 47.8 Å². The third kappa shape index (κ3) is 4.07. The number of methoxy groups -OCH3 is 1. The van der Waals surface area contributed by atoms with Crippen LogP contribution in [0.1, 0.15) is 17.2 Å². The first-order chi connectivity index (χ1) is 9.49. The molecule has 2 aromatic rings. The van der Waals surface area contributed by atoms with E-state index in [0.717, 1.165) is 30.3 Å². The molecule has 0 amide bonds. The lowest BCUT2D eigenvalue weighted by atomic mass is 10.0. The van der Waals surface area contributed by atoms with Crippen molar-refractivity contribution in [2.75, 3.05) is 7.11 Å². The first-order valence-electron chi connectivity index (χ1n) is 5.96. The normalized spacial score (nSPS) is 12.2. The van der Waals surface area contributed by atoms with E-state index in [4.69, 9.17) is 4.74 Å². The van der Waals surface area contributed by atoms with Crippen molar-refractivity contribution in [3.8, 4) is 5.75 Å². The zero-order valence-electron chi connectivity index (χ0n) is 10.7. The third-order valence-corrected chi connectivity index (χ3v) is 4.63. The summed E-state index contributed by atoms with van der Waals surface area (Å²) in [7, 11) is 1.63. The largest absolute Gasteiger partial charge is 0.497 e. The highest BCUT2D eigenvalue weighted by Crippen LogP contribution is 2.30. The van der Waals surface area contributed by atoms with Crippen LogP contribution >= 0.6 is 47.8 Å². The second-order valence-corrected chi connectivity index (χ2v) is 7.07. The van der Waals surface area contributed by atoms with Gasteiger partial charge in [0.25, 0.3) is 0 Å². The smallest absolute Gasteiger partial charge is 0.119 e. The lowest BCUT2D eigenvalue weighted by molar-refractivity contribution is 0.178. The zero-order valence-corrected chi connectivity index (χ0v) is 15.5. The monoisotopic (exact) mass is 462 g/mol. The molecule has 1 N–H and O–H groups in total. The van der Waals surface area contributed by atoms with Gasteiger partial charge in [0, 0.05) is 19.8 Å². The van der Waals surface area contributed by atoms with Crippen molar-refractivity contribution in [1.82, 2.24) is 0 Å². The predicted molar refractivity (Wildman–Crippen MR) is 91.2 cm³/mol. The van der Waals surface area contributed by atoms with Gasteiger partial charge in [-0.1, -0.05) is 47.8 Å². The van der Waals surface area contributed by atoms with Gasteiger partial charge in [-0.05, 0) is 47.5 Å². The molecule has 0 spiro atoms. The molecule has 0 saturated heterocycles. The van der Waals surface area contributed by atoms with E-state index in [1.165, 1.54) is 0 Å². The van der Waals surface area contributed by atoms with Gasteiger partial charge in [-0.15, -0.1) is 0 Å². The highest BCUT2D eigenvalue weighted by Gasteiger charge is 2.13. The van der Waals surface area contributed by atoms with Crippen LogP contribution in [-0.4, -0.2) is 12.2 Å². The Morgan fingerprint density at radius 1 is 1.05 bits per heavy atom. The van der Waals surface area contributed by atoms with E-state index in [1.54, 1.807) is 7.11 Å². The molecule has 0 aromatic heterocycles. The minimum absolute atomic E-state index is 0.515. The predicted octanol–water partition coefficient (Wildman–Crippen LogP) is 5.26. The van der Waals surface area contributed by atoms with E-state index in [0.29, 0.717) is 6.42 Å². The zero-order chi connectivity index (χ0) is 14.7. The van der Waals surface area contributed by atoms with Gasteiger partial charge in [0.1, 0.15) is 5.75 Å². The Bertz CT molecular complexity index is 594. The van der Waals surface area contributed by atoms with Crippen molar-refractivity contribution in [3.05, 3.63) is 60.9 Å². The average molecular weight is 465 g/mol. The molecule has 106 valence electrons. The molecule has 0 aliphatic heterocycles. The standard InChI is InChI=1S/C15H13Br3O2/c1-20-13-2-3-14(18)9(6-13)7-15(19)10-4-11(16)8-12(17)5-10/h2-6,8,15,19H,7H2,1H3. The summed E-state index contributed by atoms with van der Waals surface area (Å²) in [6, 6.07) is 11.5. The molecule has 0 heterocycles. The van der Waals surface area contributed by atoms with Gasteiger partial charge < -0.3 is 9.84 Å². The molecule has 2 rings (SSSR count). The van der Waals surface area contributed by atoms with E-state index in [2.05, 4.69) is 47.8 Å². The molecule has 1 unspecified atom stereocenters. The van der Waals surface area contributed by atoms with Crippen LogP contribution in [0.2, 0.25) is 0 Å². The van der Waals surface area contributed by atoms with Crippen molar-refractivity contribution in [2.45, 2.75) is 12.5 Å².